The molecule has 8 heteroatoms. The zero-order chi connectivity index (χ0) is 11.3. The van der Waals surface area contributed by atoms with Crippen LogP contribution >= 0.6 is 0 Å². The average Bonchev–Trinajstić information content (AvgIpc) is 2.13. The highest BCUT2D eigenvalue weighted by molar-refractivity contribution is 5.56. The van der Waals surface area contributed by atoms with Gasteiger partial charge in [0.05, 0.1) is 0 Å². The molecule has 0 unspecified atom stereocenters. The Morgan fingerprint density at radius 3 is 2.07 bits per heavy atom. The summed E-state index contributed by atoms with van der Waals surface area (Å²) in [6.07, 6.45) is -7.66. The molecule has 0 saturated carbocycles. The second-order valence-corrected chi connectivity index (χ2v) is 2.69. The lowest BCUT2D eigenvalue weighted by atomic mass is 10.0. The molecule has 0 heterocycles. The third-order valence-corrected chi connectivity index (χ3v) is 1.57. The highest BCUT2D eigenvalue weighted by Crippen LogP contribution is 2.04. The smallest absolute Gasteiger partial charge is 0.232 e. The summed E-state index contributed by atoms with van der Waals surface area (Å²) in [5, 5.41) is 45.5. The molecule has 0 fully saturated rings. The molecule has 0 rings (SSSR count). The van der Waals surface area contributed by atoms with Crippen molar-refractivity contribution in [1.29, 1.82) is 0 Å². The summed E-state index contributed by atoms with van der Waals surface area (Å²) >= 11 is 0. The number of nitro groups is 1. The number of rotatable bonds is 6. The van der Waals surface area contributed by atoms with Crippen LogP contribution in [0, 0.1) is 10.1 Å². The number of aldehydes is 1. The van der Waals surface area contributed by atoms with E-state index in [-0.39, 0.29) is 6.29 Å². The molecule has 0 aliphatic carbocycles. The standard InChI is InChI=1S/C6H11NO7/c8-2-4(10)6(12)5(11)3(9)1-7(13)14/h2-6,9-12H,1H2/t3-,4-,5+,6+/m0/s1. The third kappa shape index (κ3) is 3.75. The fourth-order valence-electron chi connectivity index (χ4n) is 0.771. The normalized spacial score (nSPS) is 19.4. The van der Waals surface area contributed by atoms with Gasteiger partial charge in [-0.15, -0.1) is 0 Å². The van der Waals surface area contributed by atoms with Crippen LogP contribution in [-0.2, 0) is 4.79 Å². The molecule has 8 nitrogen and oxygen atoms in total. The molecule has 0 radical (unpaired) electrons. The van der Waals surface area contributed by atoms with E-state index < -0.39 is 35.9 Å². The summed E-state index contributed by atoms with van der Waals surface area (Å²) in [5.74, 6) is 0. The van der Waals surface area contributed by atoms with Gasteiger partial charge in [0, 0.05) is 4.92 Å². The Morgan fingerprint density at radius 1 is 1.21 bits per heavy atom. The van der Waals surface area contributed by atoms with Gasteiger partial charge in [0.1, 0.15) is 24.4 Å². The number of hydrogen-bond acceptors (Lipinski definition) is 7. The fraction of sp³-hybridized carbons (Fsp3) is 0.833. The molecule has 4 atom stereocenters. The van der Waals surface area contributed by atoms with Crippen LogP contribution in [0.4, 0.5) is 0 Å². The first-order valence-corrected chi connectivity index (χ1v) is 3.69. The Kier molecular flexibility index (Phi) is 5.16. The van der Waals surface area contributed by atoms with E-state index in [1.54, 1.807) is 0 Å². The van der Waals surface area contributed by atoms with Crippen molar-refractivity contribution in [2.45, 2.75) is 24.4 Å². The van der Waals surface area contributed by atoms with E-state index in [1.165, 1.54) is 0 Å². The quantitative estimate of drug-likeness (QED) is 0.206. The first kappa shape index (κ1) is 12.9. The molecule has 0 aromatic heterocycles. The summed E-state index contributed by atoms with van der Waals surface area (Å²) in [4.78, 5) is 19.0. The molecule has 0 aromatic rings. The number of hydrogen-bond donors (Lipinski definition) is 4. The molecule has 0 saturated heterocycles. The highest BCUT2D eigenvalue weighted by Gasteiger charge is 2.32. The maximum atomic E-state index is 9.96. The van der Waals surface area contributed by atoms with Gasteiger partial charge in [-0.2, -0.15) is 0 Å². The minimum atomic E-state index is -1.94. The lowest BCUT2D eigenvalue weighted by Crippen LogP contribution is -2.47. The van der Waals surface area contributed by atoms with E-state index in [1.807, 2.05) is 0 Å². The van der Waals surface area contributed by atoms with Gasteiger partial charge in [0.2, 0.25) is 6.54 Å². The summed E-state index contributed by atoms with van der Waals surface area (Å²) in [5.41, 5.74) is 0. The Morgan fingerprint density at radius 2 is 1.71 bits per heavy atom. The predicted octanol–water partition coefficient (Wildman–Crippen LogP) is -3.09. The van der Waals surface area contributed by atoms with Crippen molar-refractivity contribution in [3.63, 3.8) is 0 Å². The molecule has 0 aromatic carbocycles. The van der Waals surface area contributed by atoms with Crippen LogP contribution in [0.2, 0.25) is 0 Å². The molecule has 14 heavy (non-hydrogen) atoms. The van der Waals surface area contributed by atoms with Crippen LogP contribution in [0.1, 0.15) is 0 Å². The summed E-state index contributed by atoms with van der Waals surface area (Å²) in [6, 6.07) is 0. The van der Waals surface area contributed by atoms with E-state index in [2.05, 4.69) is 0 Å². The van der Waals surface area contributed by atoms with Crippen molar-refractivity contribution in [3.05, 3.63) is 10.1 Å². The van der Waals surface area contributed by atoms with Crippen molar-refractivity contribution in [2.75, 3.05) is 6.54 Å². The minimum absolute atomic E-state index is 0.0488. The number of aliphatic hydroxyl groups is 4. The van der Waals surface area contributed by atoms with Crippen LogP contribution in [0.25, 0.3) is 0 Å². The zero-order valence-corrected chi connectivity index (χ0v) is 7.05. The first-order chi connectivity index (χ1) is 6.40. The molecule has 0 aliphatic rings. The highest BCUT2D eigenvalue weighted by atomic mass is 16.6. The third-order valence-electron chi connectivity index (χ3n) is 1.57. The van der Waals surface area contributed by atoms with Crippen LogP contribution in [0.5, 0.6) is 0 Å². The number of aliphatic hydroxyl groups excluding tert-OH is 4. The topological polar surface area (TPSA) is 141 Å². The second-order valence-electron chi connectivity index (χ2n) is 2.69. The van der Waals surface area contributed by atoms with Gasteiger partial charge in [0.15, 0.2) is 6.29 Å². The van der Waals surface area contributed by atoms with Gasteiger partial charge in [0.25, 0.3) is 0 Å². The number of carbonyl (C=O) groups is 1. The Balaban J connectivity index is 4.22. The summed E-state index contributed by atoms with van der Waals surface area (Å²) < 4.78 is 0. The van der Waals surface area contributed by atoms with Gasteiger partial charge in [-0.1, -0.05) is 0 Å². The number of nitrogens with zero attached hydrogens (tertiary/aromatic N) is 1. The van der Waals surface area contributed by atoms with Gasteiger partial charge in [-0.25, -0.2) is 0 Å². The molecule has 82 valence electrons. The van der Waals surface area contributed by atoms with Gasteiger partial charge < -0.3 is 25.2 Å². The lowest BCUT2D eigenvalue weighted by molar-refractivity contribution is -0.493. The molecule has 4 N–H and O–H groups in total. The zero-order valence-electron chi connectivity index (χ0n) is 7.05. The molecule has 0 spiro atoms. The second kappa shape index (κ2) is 5.60. The van der Waals surface area contributed by atoms with Crippen molar-refractivity contribution in [2.24, 2.45) is 0 Å². The van der Waals surface area contributed by atoms with E-state index in [4.69, 9.17) is 20.4 Å². The van der Waals surface area contributed by atoms with E-state index in [9.17, 15) is 14.9 Å². The van der Waals surface area contributed by atoms with Gasteiger partial charge in [-0.05, 0) is 0 Å². The Hall–Kier alpha value is -1.09. The summed E-state index contributed by atoms with van der Waals surface area (Å²) in [6.45, 7) is -0.982. The van der Waals surface area contributed by atoms with Crippen molar-refractivity contribution in [3.8, 4) is 0 Å². The van der Waals surface area contributed by atoms with Crippen LogP contribution < -0.4 is 0 Å². The van der Waals surface area contributed by atoms with Crippen molar-refractivity contribution in [1.82, 2.24) is 0 Å². The monoisotopic (exact) mass is 209 g/mol. The molecular formula is C6H11NO7. The maximum absolute atomic E-state index is 9.96. The van der Waals surface area contributed by atoms with E-state index >= 15 is 0 Å². The molecule has 0 aliphatic heterocycles. The Labute approximate surface area is 78.6 Å². The largest absolute Gasteiger partial charge is 0.387 e. The maximum Gasteiger partial charge on any atom is 0.232 e. The molecular weight excluding hydrogens is 198 g/mol. The SMILES string of the molecule is O=C[C@H](O)[C@@H](O)[C@H](O)[C@@H](O)C[N+](=O)[O-]. The van der Waals surface area contributed by atoms with Gasteiger partial charge >= 0.3 is 0 Å². The van der Waals surface area contributed by atoms with E-state index in [0.717, 1.165) is 0 Å². The van der Waals surface area contributed by atoms with Gasteiger partial charge in [-0.3, -0.25) is 10.1 Å². The van der Waals surface area contributed by atoms with Crippen LogP contribution in [-0.4, -0.2) is 62.6 Å². The Bertz CT molecular complexity index is 208. The molecule has 0 bridgehead atoms. The average molecular weight is 209 g/mol. The lowest BCUT2D eigenvalue weighted by Gasteiger charge is -2.21. The predicted molar refractivity (Wildman–Crippen MR) is 42.0 cm³/mol. The van der Waals surface area contributed by atoms with E-state index in [0.29, 0.717) is 0 Å². The first-order valence-electron chi connectivity index (χ1n) is 3.69. The van der Waals surface area contributed by atoms with Crippen molar-refractivity contribution < 1.29 is 30.1 Å². The van der Waals surface area contributed by atoms with Crippen molar-refractivity contribution >= 4 is 6.29 Å². The molecule has 0 amide bonds. The fourth-order valence-corrected chi connectivity index (χ4v) is 0.771. The van der Waals surface area contributed by atoms with Crippen LogP contribution in [0.3, 0.4) is 0 Å². The number of carbonyl (C=O) groups excluding carboxylic acids is 1. The summed E-state index contributed by atoms with van der Waals surface area (Å²) in [7, 11) is 0. The minimum Gasteiger partial charge on any atom is -0.387 e. The van der Waals surface area contributed by atoms with Crippen LogP contribution in [0.15, 0.2) is 0 Å².